The van der Waals surface area contributed by atoms with Crippen LogP contribution in [-0.4, -0.2) is 37.3 Å². The van der Waals surface area contributed by atoms with Gasteiger partial charge in [-0.3, -0.25) is 0 Å². The Labute approximate surface area is 54.8 Å². The second kappa shape index (κ2) is 2.62. The van der Waals surface area contributed by atoms with E-state index in [1.807, 2.05) is 11.9 Å². The lowest BCUT2D eigenvalue weighted by Crippen LogP contribution is -2.45. The van der Waals surface area contributed by atoms with E-state index in [9.17, 15) is 4.39 Å². The van der Waals surface area contributed by atoms with Crippen LogP contribution in [0.4, 0.5) is 4.39 Å². The van der Waals surface area contributed by atoms with Gasteiger partial charge in [-0.1, -0.05) is 0 Å². The topological polar surface area (TPSA) is 29.3 Å². The van der Waals surface area contributed by atoms with Crippen molar-refractivity contribution in [1.82, 2.24) is 4.90 Å². The maximum absolute atomic E-state index is 12.6. The first-order valence-electron chi connectivity index (χ1n) is 3.26. The molecule has 0 aliphatic carbocycles. The monoisotopic (exact) mass is 132 g/mol. The SMILES string of the molecule is CN1C[C@H](N)C[C@@H](F)C1. The molecule has 1 heterocycles. The van der Waals surface area contributed by atoms with E-state index in [0.717, 1.165) is 6.54 Å². The van der Waals surface area contributed by atoms with E-state index in [1.54, 1.807) is 0 Å². The summed E-state index contributed by atoms with van der Waals surface area (Å²) in [5, 5.41) is 0. The van der Waals surface area contributed by atoms with Gasteiger partial charge < -0.3 is 10.6 Å². The summed E-state index contributed by atoms with van der Waals surface area (Å²) in [5.74, 6) is 0. The van der Waals surface area contributed by atoms with Gasteiger partial charge >= 0.3 is 0 Å². The minimum atomic E-state index is -0.709. The van der Waals surface area contributed by atoms with Crippen LogP contribution in [0, 0.1) is 0 Å². The Kier molecular flexibility index (Phi) is 2.03. The molecule has 0 aromatic heterocycles. The van der Waals surface area contributed by atoms with E-state index in [2.05, 4.69) is 0 Å². The number of likely N-dealkylation sites (tertiary alicyclic amines) is 1. The Hall–Kier alpha value is -0.150. The molecule has 1 fully saturated rings. The van der Waals surface area contributed by atoms with Crippen LogP contribution in [0.3, 0.4) is 0 Å². The smallest absolute Gasteiger partial charge is 0.114 e. The Morgan fingerprint density at radius 3 is 2.67 bits per heavy atom. The van der Waals surface area contributed by atoms with Crippen molar-refractivity contribution in [1.29, 1.82) is 0 Å². The van der Waals surface area contributed by atoms with E-state index in [-0.39, 0.29) is 6.04 Å². The van der Waals surface area contributed by atoms with E-state index in [4.69, 9.17) is 5.73 Å². The van der Waals surface area contributed by atoms with E-state index in [1.165, 1.54) is 0 Å². The highest BCUT2D eigenvalue weighted by Gasteiger charge is 2.21. The predicted molar refractivity (Wildman–Crippen MR) is 35.0 cm³/mol. The first kappa shape index (κ1) is 6.96. The normalized spacial score (nSPS) is 39.0. The van der Waals surface area contributed by atoms with Crippen LogP contribution >= 0.6 is 0 Å². The summed E-state index contributed by atoms with van der Waals surface area (Å²) in [4.78, 5) is 1.93. The molecule has 54 valence electrons. The fourth-order valence-electron chi connectivity index (χ4n) is 1.29. The lowest BCUT2D eigenvalue weighted by Gasteiger charge is -2.29. The van der Waals surface area contributed by atoms with Crippen LogP contribution < -0.4 is 5.73 Å². The largest absolute Gasteiger partial charge is 0.326 e. The molecule has 0 aromatic rings. The number of hydrogen-bond donors (Lipinski definition) is 1. The van der Waals surface area contributed by atoms with Crippen molar-refractivity contribution in [3.8, 4) is 0 Å². The molecule has 0 saturated carbocycles. The molecule has 0 amide bonds. The van der Waals surface area contributed by atoms with Gasteiger partial charge in [0.15, 0.2) is 0 Å². The number of nitrogens with zero attached hydrogens (tertiary/aromatic N) is 1. The second-order valence-electron chi connectivity index (χ2n) is 2.81. The summed E-state index contributed by atoms with van der Waals surface area (Å²) in [5.41, 5.74) is 5.53. The van der Waals surface area contributed by atoms with Crippen molar-refractivity contribution in [3.63, 3.8) is 0 Å². The summed E-state index contributed by atoms with van der Waals surface area (Å²) >= 11 is 0. The van der Waals surface area contributed by atoms with E-state index in [0.29, 0.717) is 13.0 Å². The van der Waals surface area contributed by atoms with E-state index >= 15 is 0 Å². The summed E-state index contributed by atoms with van der Waals surface area (Å²) in [6, 6.07) is 0.0405. The number of halogens is 1. The van der Waals surface area contributed by atoms with Gasteiger partial charge in [-0.2, -0.15) is 0 Å². The third-order valence-corrected chi connectivity index (χ3v) is 1.61. The highest BCUT2D eigenvalue weighted by molar-refractivity contribution is 4.78. The third-order valence-electron chi connectivity index (χ3n) is 1.61. The van der Waals surface area contributed by atoms with Gasteiger partial charge in [0, 0.05) is 19.1 Å². The van der Waals surface area contributed by atoms with Crippen LogP contribution in [-0.2, 0) is 0 Å². The van der Waals surface area contributed by atoms with Crippen molar-refractivity contribution in [3.05, 3.63) is 0 Å². The average molecular weight is 132 g/mol. The van der Waals surface area contributed by atoms with Crippen molar-refractivity contribution >= 4 is 0 Å². The fourth-order valence-corrected chi connectivity index (χ4v) is 1.29. The first-order valence-corrected chi connectivity index (χ1v) is 3.26. The van der Waals surface area contributed by atoms with Crippen LogP contribution in [0.25, 0.3) is 0 Å². The van der Waals surface area contributed by atoms with Crippen LogP contribution in [0.1, 0.15) is 6.42 Å². The Morgan fingerprint density at radius 1 is 1.56 bits per heavy atom. The van der Waals surface area contributed by atoms with Crippen molar-refractivity contribution in [2.75, 3.05) is 20.1 Å². The van der Waals surface area contributed by atoms with Crippen molar-refractivity contribution < 1.29 is 4.39 Å². The summed E-state index contributed by atoms with van der Waals surface area (Å²) in [7, 11) is 1.89. The minimum absolute atomic E-state index is 0.0405. The van der Waals surface area contributed by atoms with E-state index < -0.39 is 6.17 Å². The fraction of sp³-hybridized carbons (Fsp3) is 1.00. The zero-order chi connectivity index (χ0) is 6.85. The zero-order valence-electron chi connectivity index (χ0n) is 5.68. The van der Waals surface area contributed by atoms with Gasteiger partial charge in [0.2, 0.25) is 0 Å². The van der Waals surface area contributed by atoms with Crippen LogP contribution in [0.2, 0.25) is 0 Å². The Morgan fingerprint density at radius 2 is 2.22 bits per heavy atom. The molecule has 0 unspecified atom stereocenters. The van der Waals surface area contributed by atoms with Gasteiger partial charge in [-0.05, 0) is 13.5 Å². The molecule has 3 heteroatoms. The molecule has 0 radical (unpaired) electrons. The molecule has 0 bridgehead atoms. The lowest BCUT2D eigenvalue weighted by atomic mass is 10.1. The van der Waals surface area contributed by atoms with Gasteiger partial charge in [0.1, 0.15) is 6.17 Å². The molecule has 9 heavy (non-hydrogen) atoms. The number of likely N-dealkylation sites (N-methyl/N-ethyl adjacent to an activating group) is 1. The standard InChI is InChI=1S/C6H13FN2/c1-9-3-5(7)2-6(8)4-9/h5-6H,2-4,8H2,1H3/t5-,6-/m1/s1. The number of alkyl halides is 1. The molecule has 1 aliphatic heterocycles. The molecule has 2 N–H and O–H groups in total. The molecule has 0 spiro atoms. The minimum Gasteiger partial charge on any atom is -0.326 e. The maximum Gasteiger partial charge on any atom is 0.114 e. The highest BCUT2D eigenvalue weighted by atomic mass is 19.1. The van der Waals surface area contributed by atoms with Gasteiger partial charge in [0.05, 0.1) is 0 Å². The Bertz CT molecular complexity index is 72.0. The number of piperidine rings is 1. The molecule has 2 atom stereocenters. The average Bonchev–Trinajstić information content (AvgIpc) is 1.59. The van der Waals surface area contributed by atoms with Gasteiger partial charge in [-0.15, -0.1) is 0 Å². The number of nitrogens with two attached hydrogens (primary N) is 1. The molecular formula is C6H13FN2. The zero-order valence-corrected chi connectivity index (χ0v) is 5.68. The van der Waals surface area contributed by atoms with Crippen LogP contribution in [0.15, 0.2) is 0 Å². The van der Waals surface area contributed by atoms with Gasteiger partial charge in [0.25, 0.3) is 0 Å². The van der Waals surface area contributed by atoms with Crippen LogP contribution in [0.5, 0.6) is 0 Å². The third kappa shape index (κ3) is 1.91. The highest BCUT2D eigenvalue weighted by Crippen LogP contribution is 2.09. The Balaban J connectivity index is 2.34. The quantitative estimate of drug-likeness (QED) is 0.502. The molecular weight excluding hydrogens is 119 g/mol. The molecule has 0 aromatic carbocycles. The van der Waals surface area contributed by atoms with Crippen molar-refractivity contribution in [2.24, 2.45) is 5.73 Å². The molecule has 2 nitrogen and oxygen atoms in total. The maximum atomic E-state index is 12.6. The summed E-state index contributed by atoms with van der Waals surface area (Å²) < 4.78 is 12.6. The molecule has 1 aliphatic rings. The lowest BCUT2D eigenvalue weighted by molar-refractivity contribution is 0.147. The number of rotatable bonds is 0. The molecule has 1 rings (SSSR count). The van der Waals surface area contributed by atoms with Gasteiger partial charge in [-0.25, -0.2) is 4.39 Å². The molecule has 1 saturated heterocycles. The second-order valence-corrected chi connectivity index (χ2v) is 2.81. The summed E-state index contributed by atoms with van der Waals surface area (Å²) in [6.45, 7) is 1.38. The summed E-state index contributed by atoms with van der Waals surface area (Å²) in [6.07, 6.45) is -0.177. The number of hydrogen-bond acceptors (Lipinski definition) is 2. The predicted octanol–water partition coefficient (Wildman–Crippen LogP) is -0.0127. The first-order chi connectivity index (χ1) is 4.18. The van der Waals surface area contributed by atoms with Crippen molar-refractivity contribution in [2.45, 2.75) is 18.6 Å².